The molecule has 0 amide bonds. The molecule has 0 bridgehead atoms. The summed E-state index contributed by atoms with van der Waals surface area (Å²) in [6.45, 7) is 0.136. The molecule has 1 fully saturated rings. The number of rotatable bonds is 3. The van der Waals surface area contributed by atoms with Crippen molar-refractivity contribution in [3.63, 3.8) is 0 Å². The van der Waals surface area contributed by atoms with E-state index in [0.29, 0.717) is 11.6 Å². The van der Waals surface area contributed by atoms with E-state index in [-0.39, 0.29) is 12.1 Å². The van der Waals surface area contributed by atoms with Crippen LogP contribution in [0.25, 0.3) is 0 Å². The van der Waals surface area contributed by atoms with Crippen LogP contribution in [0.3, 0.4) is 0 Å². The van der Waals surface area contributed by atoms with Crippen molar-refractivity contribution in [1.82, 2.24) is 9.97 Å². The van der Waals surface area contributed by atoms with Crippen molar-refractivity contribution in [3.05, 3.63) is 12.4 Å². The zero-order chi connectivity index (χ0) is 11.4. The van der Waals surface area contributed by atoms with Crippen LogP contribution in [-0.4, -0.2) is 27.2 Å². The Labute approximate surface area is 95.1 Å². The smallest absolute Gasteiger partial charge is 0.131 e. The Morgan fingerprint density at radius 1 is 1.31 bits per heavy atom. The van der Waals surface area contributed by atoms with Crippen molar-refractivity contribution in [2.75, 3.05) is 17.7 Å². The Bertz CT molecular complexity index is 350. The Kier molecular flexibility index (Phi) is 3.24. The molecule has 0 saturated heterocycles. The van der Waals surface area contributed by atoms with Crippen molar-refractivity contribution in [2.24, 2.45) is 0 Å². The number of nitrogens with two attached hydrogens (primary N) is 1. The number of nitrogens with one attached hydrogen (secondary N) is 1. The highest BCUT2D eigenvalue weighted by Crippen LogP contribution is 2.30. The van der Waals surface area contributed by atoms with Crippen LogP contribution >= 0.6 is 0 Å². The Morgan fingerprint density at radius 2 is 2.06 bits per heavy atom. The standard InChI is InChI=1S/C11H18N4O/c12-9-6-10(14-8-13-9)15-11(7-16)4-2-1-3-5-11/h6,8,16H,1-5,7H2,(H3,12,13,14,15). The second-order valence-corrected chi connectivity index (χ2v) is 4.45. The molecule has 5 heteroatoms. The van der Waals surface area contributed by atoms with E-state index in [2.05, 4.69) is 15.3 Å². The van der Waals surface area contributed by atoms with Gasteiger partial charge in [-0.05, 0) is 12.8 Å². The van der Waals surface area contributed by atoms with E-state index >= 15 is 0 Å². The van der Waals surface area contributed by atoms with E-state index in [1.54, 1.807) is 6.07 Å². The lowest BCUT2D eigenvalue weighted by Crippen LogP contribution is -2.44. The van der Waals surface area contributed by atoms with Crippen molar-refractivity contribution < 1.29 is 5.11 Å². The summed E-state index contributed by atoms with van der Waals surface area (Å²) in [5.41, 5.74) is 5.37. The molecule has 4 N–H and O–H groups in total. The van der Waals surface area contributed by atoms with Crippen molar-refractivity contribution in [3.8, 4) is 0 Å². The number of aliphatic hydroxyl groups is 1. The predicted molar refractivity (Wildman–Crippen MR) is 63.0 cm³/mol. The first-order valence-corrected chi connectivity index (χ1v) is 5.71. The summed E-state index contributed by atoms with van der Waals surface area (Å²) in [5.74, 6) is 1.14. The van der Waals surface area contributed by atoms with Crippen molar-refractivity contribution in [1.29, 1.82) is 0 Å². The van der Waals surface area contributed by atoms with Gasteiger partial charge >= 0.3 is 0 Å². The minimum absolute atomic E-state index is 0.136. The van der Waals surface area contributed by atoms with Gasteiger partial charge in [-0.15, -0.1) is 0 Å². The summed E-state index contributed by atoms with van der Waals surface area (Å²) < 4.78 is 0. The highest BCUT2D eigenvalue weighted by Gasteiger charge is 2.31. The van der Waals surface area contributed by atoms with Crippen LogP contribution < -0.4 is 11.1 Å². The van der Waals surface area contributed by atoms with Crippen molar-refractivity contribution >= 4 is 11.6 Å². The summed E-state index contributed by atoms with van der Waals surface area (Å²) in [5, 5.41) is 12.8. The molecule has 1 aliphatic rings. The van der Waals surface area contributed by atoms with Gasteiger partial charge in [0.1, 0.15) is 18.0 Å². The van der Waals surface area contributed by atoms with E-state index < -0.39 is 0 Å². The molecule has 0 unspecified atom stereocenters. The van der Waals surface area contributed by atoms with Crippen LogP contribution in [0, 0.1) is 0 Å². The fourth-order valence-corrected chi connectivity index (χ4v) is 2.26. The molecule has 1 aromatic rings. The van der Waals surface area contributed by atoms with Gasteiger partial charge in [-0.25, -0.2) is 9.97 Å². The molecule has 0 radical (unpaired) electrons. The predicted octanol–water partition coefficient (Wildman–Crippen LogP) is 1.17. The molecular formula is C11H18N4O. The van der Waals surface area contributed by atoms with Gasteiger partial charge in [0.05, 0.1) is 12.1 Å². The van der Waals surface area contributed by atoms with Gasteiger partial charge in [0.15, 0.2) is 0 Å². The number of hydrogen-bond acceptors (Lipinski definition) is 5. The van der Waals surface area contributed by atoms with Gasteiger partial charge in [-0.3, -0.25) is 0 Å². The Hall–Kier alpha value is -1.36. The van der Waals surface area contributed by atoms with Gasteiger partial charge in [-0.2, -0.15) is 0 Å². The van der Waals surface area contributed by atoms with E-state index in [9.17, 15) is 5.11 Å². The number of aromatic nitrogens is 2. The summed E-state index contributed by atoms with van der Waals surface area (Å²) >= 11 is 0. The zero-order valence-electron chi connectivity index (χ0n) is 9.32. The molecule has 5 nitrogen and oxygen atoms in total. The first kappa shape index (κ1) is 11.1. The minimum atomic E-state index is -0.223. The Balaban J connectivity index is 2.11. The van der Waals surface area contributed by atoms with Crippen LogP contribution in [0.1, 0.15) is 32.1 Å². The van der Waals surface area contributed by atoms with Crippen LogP contribution in [0.5, 0.6) is 0 Å². The van der Waals surface area contributed by atoms with Crippen molar-refractivity contribution in [2.45, 2.75) is 37.6 Å². The zero-order valence-corrected chi connectivity index (χ0v) is 9.32. The van der Waals surface area contributed by atoms with Gasteiger partial charge in [0, 0.05) is 6.07 Å². The highest BCUT2D eigenvalue weighted by atomic mass is 16.3. The summed E-state index contributed by atoms with van der Waals surface area (Å²) in [6.07, 6.45) is 6.93. The maximum Gasteiger partial charge on any atom is 0.131 e. The van der Waals surface area contributed by atoms with Crippen LogP contribution in [-0.2, 0) is 0 Å². The molecule has 0 spiro atoms. The molecule has 16 heavy (non-hydrogen) atoms. The first-order valence-electron chi connectivity index (χ1n) is 5.71. The minimum Gasteiger partial charge on any atom is -0.394 e. The molecule has 0 atom stereocenters. The molecule has 0 aliphatic heterocycles. The second kappa shape index (κ2) is 4.65. The molecule has 1 aliphatic carbocycles. The second-order valence-electron chi connectivity index (χ2n) is 4.45. The van der Waals surface area contributed by atoms with Crippen LogP contribution in [0.2, 0.25) is 0 Å². The number of nitrogens with zero attached hydrogens (tertiary/aromatic N) is 2. The molecule has 1 heterocycles. The normalized spacial score (nSPS) is 19.3. The third-order valence-corrected chi connectivity index (χ3v) is 3.19. The summed E-state index contributed by atoms with van der Waals surface area (Å²) in [4.78, 5) is 7.96. The number of anilines is 2. The molecular weight excluding hydrogens is 204 g/mol. The Morgan fingerprint density at radius 3 is 2.69 bits per heavy atom. The van der Waals surface area contributed by atoms with Crippen LogP contribution in [0.4, 0.5) is 11.6 Å². The molecule has 1 saturated carbocycles. The summed E-state index contributed by atoms with van der Waals surface area (Å²) in [7, 11) is 0. The average Bonchev–Trinajstić information content (AvgIpc) is 2.30. The number of nitrogen functional groups attached to an aromatic ring is 1. The third kappa shape index (κ3) is 2.41. The monoisotopic (exact) mass is 222 g/mol. The number of hydrogen-bond donors (Lipinski definition) is 3. The third-order valence-electron chi connectivity index (χ3n) is 3.19. The van der Waals surface area contributed by atoms with Crippen LogP contribution in [0.15, 0.2) is 12.4 Å². The van der Waals surface area contributed by atoms with E-state index in [1.807, 2.05) is 0 Å². The summed E-state index contributed by atoms with van der Waals surface area (Å²) in [6, 6.07) is 1.70. The average molecular weight is 222 g/mol. The molecule has 1 aromatic heterocycles. The fraction of sp³-hybridized carbons (Fsp3) is 0.636. The molecule has 88 valence electrons. The van der Waals surface area contributed by atoms with Gasteiger partial charge in [0.2, 0.25) is 0 Å². The molecule has 0 aromatic carbocycles. The lowest BCUT2D eigenvalue weighted by molar-refractivity contribution is 0.172. The lowest BCUT2D eigenvalue weighted by Gasteiger charge is -2.36. The lowest BCUT2D eigenvalue weighted by atomic mass is 9.82. The number of aliphatic hydroxyl groups excluding tert-OH is 1. The van der Waals surface area contributed by atoms with Gasteiger partial charge in [-0.1, -0.05) is 19.3 Å². The largest absolute Gasteiger partial charge is 0.394 e. The van der Waals surface area contributed by atoms with E-state index in [4.69, 9.17) is 5.73 Å². The molecule has 2 rings (SSSR count). The first-order chi connectivity index (χ1) is 7.74. The van der Waals surface area contributed by atoms with E-state index in [1.165, 1.54) is 12.7 Å². The maximum atomic E-state index is 9.53. The fourth-order valence-electron chi connectivity index (χ4n) is 2.26. The quantitative estimate of drug-likeness (QED) is 0.715. The van der Waals surface area contributed by atoms with E-state index in [0.717, 1.165) is 25.7 Å². The van der Waals surface area contributed by atoms with Gasteiger partial charge in [0.25, 0.3) is 0 Å². The van der Waals surface area contributed by atoms with Gasteiger partial charge < -0.3 is 16.2 Å². The SMILES string of the molecule is Nc1cc(NC2(CO)CCCCC2)ncn1. The topological polar surface area (TPSA) is 84.1 Å². The maximum absolute atomic E-state index is 9.53. The highest BCUT2D eigenvalue weighted by molar-refractivity contribution is 5.45.